The SMILES string of the molecule is O=C(Cc1ccn[nH]1)Nc1cccc(NC(=O)c2cccc3cn[nH]c23)c1. The Morgan fingerprint density at radius 1 is 0.926 bits per heavy atom. The predicted octanol–water partition coefficient (Wildman–Crippen LogP) is 2.72. The number of H-pyrrole nitrogens is 2. The van der Waals surface area contributed by atoms with Crippen LogP contribution in [-0.4, -0.2) is 32.2 Å². The number of nitrogens with one attached hydrogen (secondary N) is 4. The molecule has 27 heavy (non-hydrogen) atoms. The Hall–Kier alpha value is -3.94. The number of carbonyl (C=O) groups excluding carboxylic acids is 2. The third-order valence-electron chi connectivity index (χ3n) is 4.03. The van der Waals surface area contributed by atoms with Gasteiger partial charge in [0.25, 0.3) is 5.91 Å². The summed E-state index contributed by atoms with van der Waals surface area (Å²) in [6.45, 7) is 0. The summed E-state index contributed by atoms with van der Waals surface area (Å²) in [5, 5.41) is 19.9. The van der Waals surface area contributed by atoms with Crippen molar-refractivity contribution in [3.05, 3.63) is 72.2 Å². The van der Waals surface area contributed by atoms with Crippen molar-refractivity contribution in [2.24, 2.45) is 0 Å². The average molecular weight is 360 g/mol. The minimum absolute atomic E-state index is 0.176. The lowest BCUT2D eigenvalue weighted by Gasteiger charge is -2.09. The summed E-state index contributed by atoms with van der Waals surface area (Å²) < 4.78 is 0. The van der Waals surface area contributed by atoms with E-state index in [9.17, 15) is 9.59 Å². The fraction of sp³-hybridized carbons (Fsp3) is 0.0526. The number of benzene rings is 2. The van der Waals surface area contributed by atoms with E-state index in [-0.39, 0.29) is 18.2 Å². The number of anilines is 2. The van der Waals surface area contributed by atoms with Crippen LogP contribution in [0.15, 0.2) is 60.9 Å². The van der Waals surface area contributed by atoms with Gasteiger partial charge in [0.05, 0.1) is 23.7 Å². The first kappa shape index (κ1) is 16.5. The van der Waals surface area contributed by atoms with Crippen molar-refractivity contribution in [2.75, 3.05) is 10.6 Å². The van der Waals surface area contributed by atoms with Gasteiger partial charge in [-0.05, 0) is 30.3 Å². The first-order valence-corrected chi connectivity index (χ1v) is 8.31. The number of fused-ring (bicyclic) bond motifs is 1. The smallest absolute Gasteiger partial charge is 0.257 e. The van der Waals surface area contributed by atoms with Gasteiger partial charge in [-0.3, -0.25) is 19.8 Å². The van der Waals surface area contributed by atoms with E-state index in [0.717, 1.165) is 11.1 Å². The van der Waals surface area contributed by atoms with Crippen LogP contribution in [0.1, 0.15) is 16.1 Å². The molecule has 0 aliphatic heterocycles. The zero-order chi connectivity index (χ0) is 18.6. The fourth-order valence-electron chi connectivity index (χ4n) is 2.79. The van der Waals surface area contributed by atoms with E-state index in [0.29, 0.717) is 22.5 Å². The lowest BCUT2D eigenvalue weighted by Crippen LogP contribution is -2.15. The summed E-state index contributed by atoms with van der Waals surface area (Å²) in [6, 6.07) is 14.1. The molecule has 2 aromatic heterocycles. The second-order valence-electron chi connectivity index (χ2n) is 5.98. The number of hydrogen-bond donors (Lipinski definition) is 4. The Kier molecular flexibility index (Phi) is 4.36. The zero-order valence-corrected chi connectivity index (χ0v) is 14.2. The van der Waals surface area contributed by atoms with Gasteiger partial charge in [-0.25, -0.2) is 0 Å². The van der Waals surface area contributed by atoms with Crippen LogP contribution in [-0.2, 0) is 11.2 Å². The van der Waals surface area contributed by atoms with E-state index in [4.69, 9.17) is 0 Å². The minimum Gasteiger partial charge on any atom is -0.326 e. The molecule has 0 spiro atoms. The highest BCUT2D eigenvalue weighted by Crippen LogP contribution is 2.19. The fourth-order valence-corrected chi connectivity index (χ4v) is 2.79. The highest BCUT2D eigenvalue weighted by atomic mass is 16.2. The van der Waals surface area contributed by atoms with Gasteiger partial charge in [-0.1, -0.05) is 18.2 Å². The summed E-state index contributed by atoms with van der Waals surface area (Å²) in [4.78, 5) is 24.7. The van der Waals surface area contributed by atoms with Crippen molar-refractivity contribution in [1.82, 2.24) is 20.4 Å². The molecule has 2 amide bonds. The lowest BCUT2D eigenvalue weighted by atomic mass is 10.1. The highest BCUT2D eigenvalue weighted by Gasteiger charge is 2.12. The van der Waals surface area contributed by atoms with Crippen molar-refractivity contribution in [3.63, 3.8) is 0 Å². The molecule has 0 aliphatic carbocycles. The van der Waals surface area contributed by atoms with Gasteiger partial charge in [-0.2, -0.15) is 10.2 Å². The summed E-state index contributed by atoms with van der Waals surface area (Å²) in [7, 11) is 0. The Labute approximate surface area is 154 Å². The minimum atomic E-state index is -0.259. The quantitative estimate of drug-likeness (QED) is 0.438. The van der Waals surface area contributed by atoms with Gasteiger partial charge in [0.2, 0.25) is 5.91 Å². The van der Waals surface area contributed by atoms with Crippen LogP contribution in [0.2, 0.25) is 0 Å². The number of carbonyl (C=O) groups is 2. The number of hydrogen-bond acceptors (Lipinski definition) is 4. The first-order valence-electron chi connectivity index (χ1n) is 8.31. The number of rotatable bonds is 5. The molecule has 0 aliphatic rings. The number of aromatic amines is 2. The summed E-state index contributed by atoms with van der Waals surface area (Å²) >= 11 is 0. The topological polar surface area (TPSA) is 116 Å². The Morgan fingerprint density at radius 2 is 1.74 bits per heavy atom. The molecule has 0 atom stereocenters. The van der Waals surface area contributed by atoms with E-state index in [1.54, 1.807) is 54.9 Å². The van der Waals surface area contributed by atoms with Gasteiger partial charge in [0, 0.05) is 28.7 Å². The zero-order valence-electron chi connectivity index (χ0n) is 14.2. The number of nitrogens with zero attached hydrogens (tertiary/aromatic N) is 2. The maximum absolute atomic E-state index is 12.6. The maximum atomic E-state index is 12.6. The van der Waals surface area contributed by atoms with Gasteiger partial charge >= 0.3 is 0 Å². The molecular formula is C19H16N6O2. The monoisotopic (exact) mass is 360 g/mol. The molecule has 4 rings (SSSR count). The summed E-state index contributed by atoms with van der Waals surface area (Å²) in [6.07, 6.45) is 3.46. The van der Waals surface area contributed by atoms with Crippen molar-refractivity contribution in [3.8, 4) is 0 Å². The van der Waals surface area contributed by atoms with Crippen LogP contribution in [0.25, 0.3) is 10.9 Å². The van der Waals surface area contributed by atoms with Crippen molar-refractivity contribution < 1.29 is 9.59 Å². The molecule has 0 unspecified atom stereocenters. The molecule has 8 nitrogen and oxygen atoms in total. The highest BCUT2D eigenvalue weighted by molar-refractivity contribution is 6.12. The molecule has 8 heteroatoms. The average Bonchev–Trinajstić information content (AvgIpc) is 3.32. The molecule has 0 bridgehead atoms. The molecule has 0 saturated heterocycles. The Balaban J connectivity index is 1.47. The van der Waals surface area contributed by atoms with Crippen LogP contribution < -0.4 is 10.6 Å². The molecule has 2 aromatic carbocycles. The van der Waals surface area contributed by atoms with Crippen LogP contribution in [0.5, 0.6) is 0 Å². The van der Waals surface area contributed by atoms with Gasteiger partial charge in [0.1, 0.15) is 0 Å². The second kappa shape index (κ2) is 7.12. The molecule has 4 aromatic rings. The Bertz CT molecular complexity index is 1100. The van der Waals surface area contributed by atoms with Gasteiger partial charge < -0.3 is 10.6 Å². The van der Waals surface area contributed by atoms with Gasteiger partial charge in [-0.15, -0.1) is 0 Å². The third-order valence-corrected chi connectivity index (χ3v) is 4.03. The molecule has 0 saturated carbocycles. The molecular weight excluding hydrogens is 344 g/mol. The number of aromatic nitrogens is 4. The van der Waals surface area contributed by atoms with Crippen LogP contribution in [0.4, 0.5) is 11.4 Å². The lowest BCUT2D eigenvalue weighted by molar-refractivity contribution is -0.115. The van der Waals surface area contributed by atoms with Crippen LogP contribution in [0, 0.1) is 0 Å². The number of amides is 2. The van der Waals surface area contributed by atoms with Crippen molar-refractivity contribution in [2.45, 2.75) is 6.42 Å². The molecule has 134 valence electrons. The van der Waals surface area contributed by atoms with E-state index in [1.165, 1.54) is 0 Å². The van der Waals surface area contributed by atoms with E-state index >= 15 is 0 Å². The van der Waals surface area contributed by atoms with Crippen LogP contribution in [0.3, 0.4) is 0 Å². The standard InChI is InChI=1S/C19H16N6O2/c26-17(10-15-7-8-20-24-15)22-13-4-2-5-14(9-13)23-19(27)16-6-1-3-12-11-21-25-18(12)16/h1-9,11H,10H2,(H,20,24)(H,21,25)(H,22,26)(H,23,27). The van der Waals surface area contributed by atoms with E-state index in [2.05, 4.69) is 31.0 Å². The van der Waals surface area contributed by atoms with Crippen molar-refractivity contribution >= 4 is 34.1 Å². The normalized spacial score (nSPS) is 10.7. The number of para-hydroxylation sites is 1. The van der Waals surface area contributed by atoms with Crippen molar-refractivity contribution in [1.29, 1.82) is 0 Å². The van der Waals surface area contributed by atoms with Gasteiger partial charge in [0.15, 0.2) is 0 Å². The van der Waals surface area contributed by atoms with E-state index < -0.39 is 0 Å². The Morgan fingerprint density at radius 3 is 2.56 bits per heavy atom. The summed E-state index contributed by atoms with van der Waals surface area (Å²) in [5.74, 6) is -0.434. The first-order chi connectivity index (χ1) is 13.2. The molecule has 0 radical (unpaired) electrons. The van der Waals surface area contributed by atoms with E-state index in [1.807, 2.05) is 6.07 Å². The molecule has 0 fully saturated rings. The third kappa shape index (κ3) is 3.69. The predicted molar refractivity (Wildman–Crippen MR) is 101 cm³/mol. The maximum Gasteiger partial charge on any atom is 0.257 e. The largest absolute Gasteiger partial charge is 0.326 e. The summed E-state index contributed by atoms with van der Waals surface area (Å²) in [5.41, 5.74) is 3.08. The molecule has 2 heterocycles. The second-order valence-corrected chi connectivity index (χ2v) is 5.98. The molecule has 4 N–H and O–H groups in total. The van der Waals surface area contributed by atoms with Crippen LogP contribution >= 0.6 is 0 Å².